The molecule has 0 spiro atoms. The lowest BCUT2D eigenvalue weighted by atomic mass is 9.98. The number of nitrogens with one attached hydrogen (secondary N) is 2. The van der Waals surface area contributed by atoms with Crippen LogP contribution in [0.2, 0.25) is 0 Å². The topological polar surface area (TPSA) is 104 Å². The summed E-state index contributed by atoms with van der Waals surface area (Å²) in [4.78, 5) is 48.8. The quantitative estimate of drug-likeness (QED) is 0.186. The number of nitrogens with zero attached hydrogens (tertiary/aromatic N) is 3. The van der Waals surface area contributed by atoms with E-state index in [1.807, 2.05) is 84.9 Å². The van der Waals surface area contributed by atoms with E-state index in [1.54, 1.807) is 26.5 Å². The highest BCUT2D eigenvalue weighted by molar-refractivity contribution is 5.92. The third-order valence-electron chi connectivity index (χ3n) is 9.19. The van der Waals surface area contributed by atoms with Gasteiger partial charge in [-0.15, -0.1) is 0 Å². The van der Waals surface area contributed by atoms with E-state index >= 15 is 0 Å². The van der Waals surface area contributed by atoms with Gasteiger partial charge in [-0.2, -0.15) is 0 Å². The van der Waals surface area contributed by atoms with E-state index in [2.05, 4.69) is 27.8 Å². The van der Waals surface area contributed by atoms with E-state index in [1.165, 1.54) is 9.80 Å². The van der Waals surface area contributed by atoms with E-state index in [4.69, 9.17) is 4.74 Å². The molecule has 256 valence electrons. The Morgan fingerprint density at radius 2 is 1.43 bits per heavy atom. The smallest absolute Gasteiger partial charge is 0.249 e. The number of hydrogen-bond acceptors (Lipinski definition) is 6. The third kappa shape index (κ3) is 10.3. The van der Waals surface area contributed by atoms with Crippen molar-refractivity contribution in [3.63, 3.8) is 0 Å². The Labute approximate surface area is 289 Å². The van der Waals surface area contributed by atoms with Gasteiger partial charge < -0.3 is 25.2 Å². The SMILES string of the molecule is CN(C(=O)COCC1CCCN1)C(Cc1ccc(-c2ccccc2)cc1)C(=O)N(C)C(Cc1ccccc1)C(=O)NCCc1ccncc1. The van der Waals surface area contributed by atoms with Gasteiger partial charge in [0.1, 0.15) is 18.7 Å². The van der Waals surface area contributed by atoms with Crippen LogP contribution in [0.1, 0.15) is 29.5 Å². The lowest BCUT2D eigenvalue weighted by Crippen LogP contribution is -2.56. The second-order valence-corrected chi connectivity index (χ2v) is 12.6. The van der Waals surface area contributed by atoms with Crippen LogP contribution >= 0.6 is 0 Å². The molecule has 1 aliphatic rings. The molecule has 0 aliphatic carbocycles. The summed E-state index contributed by atoms with van der Waals surface area (Å²) in [6.45, 7) is 1.68. The molecule has 1 aliphatic heterocycles. The van der Waals surface area contributed by atoms with Gasteiger partial charge >= 0.3 is 0 Å². The summed E-state index contributed by atoms with van der Waals surface area (Å²) in [6, 6.07) is 30.3. The summed E-state index contributed by atoms with van der Waals surface area (Å²) in [5, 5.41) is 6.42. The summed E-state index contributed by atoms with van der Waals surface area (Å²) >= 11 is 0. The minimum atomic E-state index is -0.851. The number of aromatic nitrogens is 1. The molecule has 3 unspecified atom stereocenters. The van der Waals surface area contributed by atoms with Crippen molar-refractivity contribution >= 4 is 17.7 Å². The minimum Gasteiger partial charge on any atom is -0.370 e. The lowest BCUT2D eigenvalue weighted by Gasteiger charge is -2.34. The first-order chi connectivity index (χ1) is 23.9. The van der Waals surface area contributed by atoms with Gasteiger partial charge in [0.15, 0.2) is 0 Å². The Balaban J connectivity index is 1.34. The van der Waals surface area contributed by atoms with Crippen LogP contribution in [0.25, 0.3) is 11.1 Å². The normalized spacial score (nSPS) is 15.3. The number of benzene rings is 3. The summed E-state index contributed by atoms with van der Waals surface area (Å²) in [5.74, 6) is -0.848. The third-order valence-corrected chi connectivity index (χ3v) is 9.19. The number of pyridine rings is 1. The fourth-order valence-electron chi connectivity index (χ4n) is 6.17. The average Bonchev–Trinajstić information content (AvgIpc) is 3.67. The molecular weight excluding hydrogens is 614 g/mol. The van der Waals surface area contributed by atoms with Gasteiger partial charge in [-0.25, -0.2) is 0 Å². The van der Waals surface area contributed by atoms with Crippen LogP contribution in [0, 0.1) is 0 Å². The Hall–Kier alpha value is -4.86. The van der Waals surface area contributed by atoms with Crippen molar-refractivity contribution in [1.29, 1.82) is 0 Å². The standard InChI is InChI=1S/C40H47N5O4/c1-44(38(46)29-49-28-35-14-9-22-42-35)37(27-32-15-17-34(18-16-32)33-12-7-4-8-13-33)40(48)45(2)36(26-31-10-5-3-6-11-31)39(47)43-25-21-30-19-23-41-24-20-30/h3-8,10-13,15-20,23-24,35-37,42H,9,14,21-22,25-29H2,1-2H3,(H,43,47). The highest BCUT2D eigenvalue weighted by Gasteiger charge is 2.35. The molecular formula is C40H47N5O4. The van der Waals surface area contributed by atoms with Crippen LogP contribution < -0.4 is 10.6 Å². The number of ether oxygens (including phenoxy) is 1. The Morgan fingerprint density at radius 1 is 0.796 bits per heavy atom. The van der Waals surface area contributed by atoms with Crippen molar-refractivity contribution in [2.24, 2.45) is 0 Å². The van der Waals surface area contributed by atoms with Crippen LogP contribution in [0.4, 0.5) is 0 Å². The van der Waals surface area contributed by atoms with Crippen LogP contribution in [0.3, 0.4) is 0 Å². The van der Waals surface area contributed by atoms with Crippen LogP contribution in [-0.2, 0) is 38.4 Å². The van der Waals surface area contributed by atoms with Crippen molar-refractivity contribution in [2.45, 2.75) is 50.2 Å². The molecule has 0 radical (unpaired) electrons. The fourth-order valence-corrected chi connectivity index (χ4v) is 6.17. The molecule has 9 heteroatoms. The number of carbonyl (C=O) groups excluding carboxylic acids is 3. The summed E-state index contributed by atoms with van der Waals surface area (Å²) in [7, 11) is 3.31. The maximum Gasteiger partial charge on any atom is 0.249 e. The van der Waals surface area contributed by atoms with Crippen LogP contribution in [-0.4, -0.2) is 91.0 Å². The Bertz CT molecular complexity index is 1610. The van der Waals surface area contributed by atoms with Gasteiger partial charge in [-0.3, -0.25) is 19.4 Å². The zero-order chi connectivity index (χ0) is 34.4. The monoisotopic (exact) mass is 661 g/mol. The molecule has 3 aromatic carbocycles. The van der Waals surface area contributed by atoms with Crippen LogP contribution in [0.15, 0.2) is 109 Å². The number of hydrogen-bond donors (Lipinski definition) is 2. The summed E-state index contributed by atoms with van der Waals surface area (Å²) in [5.41, 5.74) is 5.06. The molecule has 1 fully saturated rings. The summed E-state index contributed by atoms with van der Waals surface area (Å²) < 4.78 is 5.80. The molecule has 2 heterocycles. The molecule has 1 aromatic heterocycles. The van der Waals surface area contributed by atoms with Gasteiger partial charge in [0.25, 0.3) is 0 Å². The molecule has 1 saturated heterocycles. The highest BCUT2D eigenvalue weighted by atomic mass is 16.5. The molecule has 9 nitrogen and oxygen atoms in total. The molecule has 0 bridgehead atoms. The van der Waals surface area contributed by atoms with Gasteiger partial charge in [-0.1, -0.05) is 84.9 Å². The van der Waals surface area contributed by atoms with Gasteiger partial charge in [0.2, 0.25) is 17.7 Å². The zero-order valence-electron chi connectivity index (χ0n) is 28.5. The minimum absolute atomic E-state index is 0.127. The van der Waals surface area contributed by atoms with E-state index in [0.29, 0.717) is 26.0 Å². The van der Waals surface area contributed by atoms with Crippen molar-refractivity contribution in [1.82, 2.24) is 25.4 Å². The largest absolute Gasteiger partial charge is 0.370 e. The molecule has 5 rings (SSSR count). The predicted molar refractivity (Wildman–Crippen MR) is 192 cm³/mol. The van der Waals surface area contributed by atoms with Gasteiger partial charge in [-0.05, 0) is 65.8 Å². The number of rotatable bonds is 16. The highest BCUT2D eigenvalue weighted by Crippen LogP contribution is 2.21. The first-order valence-electron chi connectivity index (χ1n) is 17.1. The first-order valence-corrected chi connectivity index (χ1v) is 17.1. The maximum atomic E-state index is 14.5. The second-order valence-electron chi connectivity index (χ2n) is 12.6. The van der Waals surface area contributed by atoms with Crippen molar-refractivity contribution in [3.8, 4) is 11.1 Å². The molecule has 2 N–H and O–H groups in total. The molecule has 0 saturated carbocycles. The molecule has 3 amide bonds. The van der Waals surface area contributed by atoms with E-state index < -0.39 is 12.1 Å². The molecule has 49 heavy (non-hydrogen) atoms. The number of amides is 3. The first kappa shape index (κ1) is 35.4. The lowest BCUT2D eigenvalue weighted by molar-refractivity contribution is -0.149. The van der Waals surface area contributed by atoms with E-state index in [0.717, 1.165) is 47.2 Å². The number of likely N-dealkylation sites (N-methyl/N-ethyl adjacent to an activating group) is 2. The van der Waals surface area contributed by atoms with Crippen molar-refractivity contribution < 1.29 is 19.1 Å². The zero-order valence-corrected chi connectivity index (χ0v) is 28.5. The molecule has 4 aromatic rings. The van der Waals surface area contributed by atoms with Gasteiger partial charge in [0, 0.05) is 51.9 Å². The number of carbonyl (C=O) groups is 3. The van der Waals surface area contributed by atoms with E-state index in [-0.39, 0.29) is 36.8 Å². The Morgan fingerprint density at radius 3 is 2.10 bits per heavy atom. The Kier molecular flexibility index (Phi) is 13.1. The second kappa shape index (κ2) is 18.1. The van der Waals surface area contributed by atoms with Crippen LogP contribution in [0.5, 0.6) is 0 Å². The average molecular weight is 662 g/mol. The fraction of sp³-hybridized carbons (Fsp3) is 0.350. The van der Waals surface area contributed by atoms with Crippen molar-refractivity contribution in [2.75, 3.05) is 40.4 Å². The van der Waals surface area contributed by atoms with Gasteiger partial charge in [0.05, 0.1) is 6.61 Å². The van der Waals surface area contributed by atoms with E-state index in [9.17, 15) is 14.4 Å². The molecule has 3 atom stereocenters. The van der Waals surface area contributed by atoms with Crippen molar-refractivity contribution in [3.05, 3.63) is 126 Å². The predicted octanol–water partition coefficient (Wildman–Crippen LogP) is 4.32. The maximum absolute atomic E-state index is 14.5. The summed E-state index contributed by atoms with van der Waals surface area (Å²) in [6.07, 6.45) is 6.82.